The quantitative estimate of drug-likeness (QED) is 0.867. The highest BCUT2D eigenvalue weighted by atomic mass is 16.2. The smallest absolute Gasteiger partial charge is 0.257 e. The van der Waals surface area contributed by atoms with Gasteiger partial charge in [-0.2, -0.15) is 5.10 Å². The molecule has 1 aromatic rings. The first-order valence-corrected chi connectivity index (χ1v) is 7.11. The van der Waals surface area contributed by atoms with Crippen LogP contribution in [0.4, 0.5) is 0 Å². The highest BCUT2D eigenvalue weighted by Crippen LogP contribution is 2.18. The Hall–Kier alpha value is -1.36. The maximum Gasteiger partial charge on any atom is 0.257 e. The van der Waals surface area contributed by atoms with Crippen molar-refractivity contribution in [1.82, 2.24) is 20.4 Å². The van der Waals surface area contributed by atoms with E-state index in [4.69, 9.17) is 0 Å². The Balaban J connectivity index is 2.07. The Kier molecular flexibility index (Phi) is 4.58. The Labute approximate surface area is 114 Å². The topological polar surface area (TPSA) is 61.0 Å². The number of aromatic amines is 1. The molecule has 0 aromatic carbocycles. The van der Waals surface area contributed by atoms with Crippen LogP contribution in [0.25, 0.3) is 0 Å². The van der Waals surface area contributed by atoms with Gasteiger partial charge in [-0.1, -0.05) is 0 Å². The van der Waals surface area contributed by atoms with Crippen LogP contribution in [0.15, 0.2) is 6.20 Å². The Bertz CT molecular complexity index is 421. The van der Waals surface area contributed by atoms with Gasteiger partial charge in [-0.25, -0.2) is 0 Å². The van der Waals surface area contributed by atoms with Gasteiger partial charge in [0.15, 0.2) is 0 Å². The molecule has 0 aliphatic carbocycles. The first kappa shape index (κ1) is 14.1. The van der Waals surface area contributed by atoms with Crippen molar-refractivity contribution >= 4 is 5.91 Å². The van der Waals surface area contributed by atoms with Crippen LogP contribution in [-0.2, 0) is 0 Å². The minimum absolute atomic E-state index is 0.0970. The summed E-state index contributed by atoms with van der Waals surface area (Å²) in [6.07, 6.45) is 3.94. The van der Waals surface area contributed by atoms with Crippen molar-refractivity contribution in [3.05, 3.63) is 17.5 Å². The van der Waals surface area contributed by atoms with Crippen LogP contribution >= 0.6 is 0 Å². The van der Waals surface area contributed by atoms with Crippen molar-refractivity contribution in [3.63, 3.8) is 0 Å². The summed E-state index contributed by atoms with van der Waals surface area (Å²) in [6, 6.07) is 0.219. The largest absolute Gasteiger partial charge is 0.336 e. The monoisotopic (exact) mass is 264 g/mol. The van der Waals surface area contributed by atoms with Gasteiger partial charge in [0, 0.05) is 18.3 Å². The zero-order valence-corrected chi connectivity index (χ0v) is 12.1. The third-order valence-corrected chi connectivity index (χ3v) is 3.86. The van der Waals surface area contributed by atoms with Gasteiger partial charge in [-0.15, -0.1) is 0 Å². The Morgan fingerprint density at radius 2 is 2.16 bits per heavy atom. The number of hydrogen-bond acceptors (Lipinski definition) is 3. The summed E-state index contributed by atoms with van der Waals surface area (Å²) in [4.78, 5) is 14.6. The third-order valence-electron chi connectivity index (χ3n) is 3.86. The van der Waals surface area contributed by atoms with Crippen molar-refractivity contribution < 1.29 is 4.79 Å². The molecule has 0 radical (unpaired) electrons. The first-order valence-electron chi connectivity index (χ1n) is 7.11. The second-order valence-electron chi connectivity index (χ2n) is 5.65. The second kappa shape index (κ2) is 6.19. The van der Waals surface area contributed by atoms with Crippen molar-refractivity contribution in [3.8, 4) is 0 Å². The van der Waals surface area contributed by atoms with Crippen molar-refractivity contribution in [1.29, 1.82) is 0 Å². The van der Waals surface area contributed by atoms with Gasteiger partial charge in [-0.05, 0) is 52.6 Å². The molecule has 2 rings (SSSR count). The van der Waals surface area contributed by atoms with E-state index in [2.05, 4.69) is 29.4 Å². The number of aryl methyl sites for hydroxylation is 1. The lowest BCUT2D eigenvalue weighted by Crippen LogP contribution is -2.43. The fourth-order valence-corrected chi connectivity index (χ4v) is 2.59. The van der Waals surface area contributed by atoms with Gasteiger partial charge >= 0.3 is 0 Å². The number of nitrogens with zero attached hydrogens (tertiary/aromatic N) is 2. The molecule has 5 nitrogen and oxygen atoms in total. The number of H-pyrrole nitrogens is 1. The van der Waals surface area contributed by atoms with E-state index < -0.39 is 0 Å². The molecule has 1 amide bonds. The zero-order chi connectivity index (χ0) is 13.8. The van der Waals surface area contributed by atoms with Crippen LogP contribution in [0.1, 0.15) is 42.7 Å². The summed E-state index contributed by atoms with van der Waals surface area (Å²) >= 11 is 0. The van der Waals surface area contributed by atoms with Gasteiger partial charge in [-0.3, -0.25) is 9.89 Å². The van der Waals surface area contributed by atoms with E-state index in [9.17, 15) is 4.79 Å². The molecule has 0 bridgehead atoms. The molecule has 1 aromatic heterocycles. The van der Waals surface area contributed by atoms with E-state index in [1.165, 1.54) is 0 Å². The highest BCUT2D eigenvalue weighted by molar-refractivity contribution is 5.95. The minimum Gasteiger partial charge on any atom is -0.336 e. The third kappa shape index (κ3) is 3.35. The summed E-state index contributed by atoms with van der Waals surface area (Å²) in [7, 11) is 0. The van der Waals surface area contributed by atoms with Crippen LogP contribution in [-0.4, -0.2) is 46.7 Å². The summed E-state index contributed by atoms with van der Waals surface area (Å²) in [5.41, 5.74) is 1.54. The molecule has 1 aliphatic heterocycles. The number of rotatable bonds is 4. The van der Waals surface area contributed by atoms with Gasteiger partial charge in [0.25, 0.3) is 5.91 Å². The maximum atomic E-state index is 12.6. The fourth-order valence-electron chi connectivity index (χ4n) is 2.59. The molecule has 19 heavy (non-hydrogen) atoms. The Morgan fingerprint density at radius 3 is 2.68 bits per heavy atom. The van der Waals surface area contributed by atoms with Crippen LogP contribution in [0.2, 0.25) is 0 Å². The molecule has 1 saturated heterocycles. The number of nitrogens with one attached hydrogen (secondary N) is 2. The van der Waals surface area contributed by atoms with Crippen molar-refractivity contribution in [2.75, 3.05) is 19.6 Å². The van der Waals surface area contributed by atoms with Crippen LogP contribution in [0.3, 0.4) is 0 Å². The van der Waals surface area contributed by atoms with E-state index in [0.717, 1.165) is 38.2 Å². The normalized spacial score (nSPS) is 16.8. The fraction of sp³-hybridized carbons (Fsp3) is 0.714. The highest BCUT2D eigenvalue weighted by Gasteiger charge is 2.25. The van der Waals surface area contributed by atoms with E-state index >= 15 is 0 Å². The molecular formula is C14H24N4O. The van der Waals surface area contributed by atoms with Gasteiger partial charge in [0.2, 0.25) is 0 Å². The lowest BCUT2D eigenvalue weighted by molar-refractivity contribution is 0.0657. The minimum atomic E-state index is 0.0970. The molecule has 0 saturated carbocycles. The lowest BCUT2D eigenvalue weighted by Gasteiger charge is -2.32. The number of hydrogen-bond donors (Lipinski definition) is 2. The molecule has 2 heterocycles. The first-order chi connectivity index (χ1) is 9.09. The van der Waals surface area contributed by atoms with Crippen LogP contribution in [0, 0.1) is 12.8 Å². The SMILES string of the molecule is Cc1[nH]ncc1C(=O)N(CC1CCNCC1)C(C)C. The Morgan fingerprint density at radius 1 is 1.47 bits per heavy atom. The van der Waals surface area contributed by atoms with E-state index in [1.54, 1.807) is 6.20 Å². The number of amides is 1. The number of carbonyl (C=O) groups excluding carboxylic acids is 1. The zero-order valence-electron chi connectivity index (χ0n) is 12.1. The van der Waals surface area contributed by atoms with Crippen LogP contribution < -0.4 is 5.32 Å². The van der Waals surface area contributed by atoms with Gasteiger partial charge in [0.1, 0.15) is 0 Å². The van der Waals surface area contributed by atoms with E-state index in [1.807, 2.05) is 11.8 Å². The molecule has 5 heteroatoms. The molecule has 1 aliphatic rings. The van der Waals surface area contributed by atoms with Crippen LogP contribution in [0.5, 0.6) is 0 Å². The predicted octanol–water partition coefficient (Wildman–Crippen LogP) is 1.57. The van der Waals surface area contributed by atoms with Gasteiger partial charge < -0.3 is 10.2 Å². The second-order valence-corrected chi connectivity index (χ2v) is 5.65. The standard InChI is InChI=1S/C14H24N4O/c1-10(2)18(9-12-4-6-15-7-5-12)14(19)13-8-16-17-11(13)3/h8,10,12,15H,4-7,9H2,1-3H3,(H,16,17). The maximum absolute atomic E-state index is 12.6. The molecule has 0 atom stereocenters. The molecule has 106 valence electrons. The molecule has 0 unspecified atom stereocenters. The van der Waals surface area contributed by atoms with Crippen molar-refractivity contribution in [2.45, 2.75) is 39.7 Å². The molecule has 2 N–H and O–H groups in total. The number of carbonyl (C=O) groups is 1. The summed E-state index contributed by atoms with van der Waals surface area (Å²) < 4.78 is 0. The summed E-state index contributed by atoms with van der Waals surface area (Å²) in [5, 5.41) is 10.2. The summed E-state index contributed by atoms with van der Waals surface area (Å²) in [6.45, 7) is 9.03. The molecular weight excluding hydrogens is 240 g/mol. The van der Waals surface area contributed by atoms with Gasteiger partial charge in [0.05, 0.1) is 11.8 Å². The lowest BCUT2D eigenvalue weighted by atomic mass is 9.96. The molecule has 0 spiro atoms. The summed E-state index contributed by atoms with van der Waals surface area (Å²) in [5.74, 6) is 0.708. The number of aromatic nitrogens is 2. The molecule has 1 fully saturated rings. The number of piperidine rings is 1. The average Bonchev–Trinajstić information content (AvgIpc) is 2.82. The predicted molar refractivity (Wildman–Crippen MR) is 75.1 cm³/mol. The van der Waals surface area contributed by atoms with E-state index in [-0.39, 0.29) is 11.9 Å². The van der Waals surface area contributed by atoms with Crippen molar-refractivity contribution in [2.24, 2.45) is 5.92 Å². The van der Waals surface area contributed by atoms with E-state index in [0.29, 0.717) is 11.5 Å². The average molecular weight is 264 g/mol.